The van der Waals surface area contributed by atoms with Crippen LogP contribution in [0.2, 0.25) is 0 Å². The molecule has 3 rings (SSSR count). The number of carbonyl (C=O) groups is 1. The molecule has 1 aromatic heterocycles. The Kier molecular flexibility index (Phi) is 4.28. The predicted octanol–water partition coefficient (Wildman–Crippen LogP) is 2.51. The maximum absolute atomic E-state index is 11.7. The lowest BCUT2D eigenvalue weighted by molar-refractivity contribution is -0.0661. The van der Waals surface area contributed by atoms with Crippen molar-refractivity contribution in [1.82, 2.24) is 9.47 Å². The lowest BCUT2D eigenvalue weighted by atomic mass is 10.1. The van der Waals surface area contributed by atoms with Crippen LogP contribution in [0.1, 0.15) is 29.2 Å². The summed E-state index contributed by atoms with van der Waals surface area (Å²) in [6, 6.07) is 5.49. The molecule has 0 saturated carbocycles. The normalized spacial score (nSPS) is 19.2. The Hall–Kier alpha value is -2.05. The van der Waals surface area contributed by atoms with Gasteiger partial charge in [0.05, 0.1) is 24.8 Å². The molecule has 0 aliphatic carbocycles. The summed E-state index contributed by atoms with van der Waals surface area (Å²) in [4.78, 5) is 14.0. The van der Waals surface area contributed by atoms with E-state index in [9.17, 15) is 9.90 Å². The van der Waals surface area contributed by atoms with Gasteiger partial charge in [-0.25, -0.2) is 4.79 Å². The average Bonchev–Trinajstić information content (AvgIpc) is 2.86. The third-order valence-corrected chi connectivity index (χ3v) is 4.53. The van der Waals surface area contributed by atoms with E-state index in [1.807, 2.05) is 29.7 Å². The fourth-order valence-electron chi connectivity index (χ4n) is 3.38. The highest BCUT2D eigenvalue weighted by molar-refractivity contribution is 6.06. The molecule has 1 N–H and O–H groups in total. The second kappa shape index (κ2) is 6.22. The first-order valence-corrected chi connectivity index (χ1v) is 7.83. The number of carboxylic acids is 1. The quantitative estimate of drug-likeness (QED) is 0.938. The van der Waals surface area contributed by atoms with Gasteiger partial charge in [0, 0.05) is 24.2 Å². The van der Waals surface area contributed by atoms with Crippen molar-refractivity contribution < 1.29 is 19.4 Å². The zero-order chi connectivity index (χ0) is 16.6. The van der Waals surface area contributed by atoms with E-state index in [1.54, 1.807) is 7.11 Å². The van der Waals surface area contributed by atoms with Crippen molar-refractivity contribution in [2.24, 2.45) is 0 Å². The van der Waals surface area contributed by atoms with Gasteiger partial charge in [-0.05, 0) is 19.5 Å². The van der Waals surface area contributed by atoms with Gasteiger partial charge in [-0.1, -0.05) is 19.1 Å². The van der Waals surface area contributed by atoms with E-state index in [0.29, 0.717) is 29.0 Å². The monoisotopic (exact) mass is 318 g/mol. The van der Waals surface area contributed by atoms with Crippen molar-refractivity contribution in [3.63, 3.8) is 0 Å². The van der Waals surface area contributed by atoms with Crippen LogP contribution >= 0.6 is 0 Å². The number of para-hydroxylation sites is 1. The molecular formula is C17H22N2O4. The third-order valence-electron chi connectivity index (χ3n) is 4.53. The summed E-state index contributed by atoms with van der Waals surface area (Å²) in [7, 11) is 1.60. The van der Waals surface area contributed by atoms with Gasteiger partial charge < -0.3 is 19.1 Å². The van der Waals surface area contributed by atoms with Crippen LogP contribution in [0.25, 0.3) is 10.9 Å². The highest BCUT2D eigenvalue weighted by Crippen LogP contribution is 2.36. The van der Waals surface area contributed by atoms with Gasteiger partial charge in [0.1, 0.15) is 12.0 Å². The van der Waals surface area contributed by atoms with Crippen molar-refractivity contribution in [3.8, 4) is 5.75 Å². The van der Waals surface area contributed by atoms with Crippen molar-refractivity contribution in [2.75, 3.05) is 33.4 Å². The van der Waals surface area contributed by atoms with Gasteiger partial charge in [0.25, 0.3) is 0 Å². The minimum atomic E-state index is -0.928. The largest absolute Gasteiger partial charge is 0.495 e. The Morgan fingerprint density at radius 2 is 2.26 bits per heavy atom. The minimum Gasteiger partial charge on any atom is -0.495 e. The number of aromatic carboxylic acids is 1. The molecule has 2 heterocycles. The number of ether oxygens (including phenoxy) is 2. The van der Waals surface area contributed by atoms with E-state index in [1.165, 1.54) is 0 Å². The molecular weight excluding hydrogens is 296 g/mol. The molecule has 0 spiro atoms. The van der Waals surface area contributed by atoms with Crippen molar-refractivity contribution >= 4 is 16.9 Å². The first kappa shape index (κ1) is 15.8. The Bertz CT molecular complexity index is 738. The molecule has 1 unspecified atom stereocenters. The van der Waals surface area contributed by atoms with Crippen molar-refractivity contribution in [1.29, 1.82) is 0 Å². The second-order valence-corrected chi connectivity index (χ2v) is 5.71. The van der Waals surface area contributed by atoms with E-state index < -0.39 is 5.97 Å². The molecule has 1 atom stereocenters. The molecule has 1 aliphatic rings. The fraction of sp³-hybridized carbons (Fsp3) is 0.471. The number of morpholine rings is 1. The lowest BCUT2D eigenvalue weighted by Gasteiger charge is -2.34. The zero-order valence-electron chi connectivity index (χ0n) is 13.7. The van der Waals surface area contributed by atoms with Gasteiger partial charge >= 0.3 is 5.97 Å². The smallest absolute Gasteiger partial charge is 0.338 e. The predicted molar refractivity (Wildman–Crippen MR) is 87.3 cm³/mol. The van der Waals surface area contributed by atoms with Crippen LogP contribution in [0.4, 0.5) is 0 Å². The molecule has 2 aromatic rings. The standard InChI is InChI=1S/C17H22N2O4/c1-4-18-8-9-23-14(10-18)19-11(2)15(17(20)21)12-6-5-7-13(22-3)16(12)19/h5-7,14H,4,8-10H2,1-3H3,(H,20,21). The highest BCUT2D eigenvalue weighted by atomic mass is 16.5. The number of carboxylic acid groups (broad SMARTS) is 1. The molecule has 1 aromatic carbocycles. The fourth-order valence-corrected chi connectivity index (χ4v) is 3.38. The van der Waals surface area contributed by atoms with E-state index in [4.69, 9.17) is 9.47 Å². The first-order chi connectivity index (χ1) is 11.1. The van der Waals surface area contributed by atoms with Crippen LogP contribution in [0.5, 0.6) is 5.75 Å². The molecule has 23 heavy (non-hydrogen) atoms. The number of nitrogens with zero attached hydrogens (tertiary/aromatic N) is 2. The van der Waals surface area contributed by atoms with Crippen molar-refractivity contribution in [3.05, 3.63) is 29.5 Å². The number of rotatable bonds is 4. The van der Waals surface area contributed by atoms with Gasteiger partial charge in [-0.15, -0.1) is 0 Å². The van der Waals surface area contributed by atoms with Gasteiger partial charge in [-0.2, -0.15) is 0 Å². The number of fused-ring (bicyclic) bond motifs is 1. The van der Waals surface area contributed by atoms with Crippen LogP contribution in [-0.2, 0) is 4.74 Å². The van der Waals surface area contributed by atoms with E-state index in [2.05, 4.69) is 11.8 Å². The maximum Gasteiger partial charge on any atom is 0.338 e. The van der Waals surface area contributed by atoms with Crippen LogP contribution in [0.3, 0.4) is 0 Å². The minimum absolute atomic E-state index is 0.212. The Morgan fingerprint density at radius 3 is 2.91 bits per heavy atom. The van der Waals surface area contributed by atoms with Gasteiger partial charge in [-0.3, -0.25) is 4.90 Å². The van der Waals surface area contributed by atoms with Crippen LogP contribution in [0.15, 0.2) is 18.2 Å². The molecule has 124 valence electrons. The van der Waals surface area contributed by atoms with E-state index in [-0.39, 0.29) is 6.23 Å². The molecule has 6 heteroatoms. The number of benzene rings is 1. The second-order valence-electron chi connectivity index (χ2n) is 5.71. The Balaban J connectivity index is 2.22. The molecule has 6 nitrogen and oxygen atoms in total. The lowest BCUT2D eigenvalue weighted by Crippen LogP contribution is -2.40. The summed E-state index contributed by atoms with van der Waals surface area (Å²) >= 11 is 0. The summed E-state index contributed by atoms with van der Waals surface area (Å²) < 4.78 is 13.4. The number of methoxy groups -OCH3 is 1. The van der Waals surface area contributed by atoms with Crippen LogP contribution in [0, 0.1) is 6.92 Å². The molecule has 0 amide bonds. The number of hydrogen-bond acceptors (Lipinski definition) is 4. The van der Waals surface area contributed by atoms with Gasteiger partial charge in [0.2, 0.25) is 0 Å². The van der Waals surface area contributed by atoms with Crippen molar-refractivity contribution in [2.45, 2.75) is 20.1 Å². The third kappa shape index (κ3) is 2.58. The number of hydrogen-bond donors (Lipinski definition) is 1. The summed E-state index contributed by atoms with van der Waals surface area (Å²) in [6.45, 7) is 7.16. The molecule has 0 bridgehead atoms. The zero-order valence-corrected chi connectivity index (χ0v) is 13.7. The first-order valence-electron chi connectivity index (χ1n) is 7.83. The Labute approximate surface area is 135 Å². The molecule has 1 aliphatic heterocycles. The molecule has 0 radical (unpaired) electrons. The topological polar surface area (TPSA) is 63.9 Å². The molecule has 1 saturated heterocycles. The highest BCUT2D eigenvalue weighted by Gasteiger charge is 2.29. The maximum atomic E-state index is 11.7. The molecule has 1 fully saturated rings. The van der Waals surface area contributed by atoms with Gasteiger partial charge in [0.15, 0.2) is 0 Å². The SMILES string of the molecule is CCN1CCOC(n2c(C)c(C(=O)O)c3cccc(OC)c32)C1. The number of likely N-dealkylation sites (N-methyl/N-ethyl adjacent to an activating group) is 1. The summed E-state index contributed by atoms with van der Waals surface area (Å²) in [6.07, 6.45) is -0.212. The van der Waals surface area contributed by atoms with Crippen LogP contribution < -0.4 is 4.74 Å². The summed E-state index contributed by atoms with van der Waals surface area (Å²) in [5.74, 6) is -0.266. The summed E-state index contributed by atoms with van der Waals surface area (Å²) in [5.41, 5.74) is 1.80. The summed E-state index contributed by atoms with van der Waals surface area (Å²) in [5, 5.41) is 10.3. The van der Waals surface area contributed by atoms with E-state index >= 15 is 0 Å². The van der Waals surface area contributed by atoms with Crippen LogP contribution in [-0.4, -0.2) is 53.9 Å². The van der Waals surface area contributed by atoms with E-state index in [0.717, 1.165) is 25.2 Å². The Morgan fingerprint density at radius 1 is 1.48 bits per heavy atom. The number of aromatic nitrogens is 1. The average molecular weight is 318 g/mol.